The van der Waals surface area contributed by atoms with Crippen LogP contribution >= 0.6 is 24.0 Å². The largest absolute Gasteiger partial charge is 0.355 e. The Bertz CT molecular complexity index is 745. The molecule has 0 saturated heterocycles. The number of fused-ring (bicyclic) bond motifs is 1. The minimum Gasteiger partial charge on any atom is -0.355 e. The van der Waals surface area contributed by atoms with Crippen LogP contribution in [0, 0.1) is 5.92 Å². The van der Waals surface area contributed by atoms with Crippen molar-refractivity contribution in [1.29, 1.82) is 0 Å². The van der Waals surface area contributed by atoms with E-state index >= 15 is 0 Å². The monoisotopic (exact) mass is 468 g/mol. The van der Waals surface area contributed by atoms with Crippen LogP contribution in [-0.2, 0) is 4.79 Å². The molecule has 6 heteroatoms. The zero-order chi connectivity index (χ0) is 18.2. The number of benzene rings is 2. The number of carbonyl (C=O) groups excluding carboxylic acids is 1. The van der Waals surface area contributed by atoms with Crippen LogP contribution in [0.15, 0.2) is 47.5 Å². The van der Waals surface area contributed by atoms with Crippen LogP contribution < -0.4 is 16.0 Å². The Hall–Kier alpha value is -1.83. The van der Waals surface area contributed by atoms with Crippen molar-refractivity contribution >= 4 is 46.6 Å². The predicted molar refractivity (Wildman–Crippen MR) is 120 cm³/mol. The normalized spacial score (nSPS) is 12.4. The predicted octanol–water partition coefficient (Wildman–Crippen LogP) is 3.46. The SMILES string of the molecule is CN=C(NCCNC(=O)C(C)C)NC(C)c1ccc2ccccc2c1.I. The Labute approximate surface area is 173 Å². The average Bonchev–Trinajstić information content (AvgIpc) is 2.63. The van der Waals surface area contributed by atoms with E-state index in [0.717, 1.165) is 5.96 Å². The first-order valence-corrected chi connectivity index (χ1v) is 8.75. The highest BCUT2D eigenvalue weighted by Gasteiger charge is 2.09. The molecule has 2 rings (SSSR count). The highest BCUT2D eigenvalue weighted by Crippen LogP contribution is 2.20. The van der Waals surface area contributed by atoms with E-state index in [9.17, 15) is 4.79 Å². The maximum Gasteiger partial charge on any atom is 0.222 e. The highest BCUT2D eigenvalue weighted by atomic mass is 127. The zero-order valence-corrected chi connectivity index (χ0v) is 18.2. The number of nitrogens with zero attached hydrogens (tertiary/aromatic N) is 1. The molecule has 0 aliphatic carbocycles. The topological polar surface area (TPSA) is 65.5 Å². The number of amides is 1. The van der Waals surface area contributed by atoms with Crippen molar-refractivity contribution in [2.75, 3.05) is 20.1 Å². The van der Waals surface area contributed by atoms with Gasteiger partial charge in [-0.15, -0.1) is 24.0 Å². The summed E-state index contributed by atoms with van der Waals surface area (Å²) in [6, 6.07) is 14.9. The molecule has 142 valence electrons. The van der Waals surface area contributed by atoms with Crippen molar-refractivity contribution in [3.05, 3.63) is 48.0 Å². The van der Waals surface area contributed by atoms with Crippen LogP contribution in [0.4, 0.5) is 0 Å². The maximum atomic E-state index is 11.5. The molecule has 0 spiro atoms. The Morgan fingerprint density at radius 3 is 2.31 bits per heavy atom. The van der Waals surface area contributed by atoms with Gasteiger partial charge < -0.3 is 16.0 Å². The Balaban J connectivity index is 0.00000338. The lowest BCUT2D eigenvalue weighted by Crippen LogP contribution is -2.42. The molecule has 1 amide bonds. The van der Waals surface area contributed by atoms with Crippen LogP contribution in [-0.4, -0.2) is 32.0 Å². The van der Waals surface area contributed by atoms with Gasteiger partial charge in [-0.1, -0.05) is 50.2 Å². The van der Waals surface area contributed by atoms with Gasteiger partial charge in [0, 0.05) is 26.1 Å². The quantitative estimate of drug-likeness (QED) is 0.263. The molecule has 0 saturated carbocycles. The van der Waals surface area contributed by atoms with E-state index in [1.54, 1.807) is 7.05 Å². The summed E-state index contributed by atoms with van der Waals surface area (Å²) in [5, 5.41) is 12.0. The summed E-state index contributed by atoms with van der Waals surface area (Å²) in [7, 11) is 1.75. The van der Waals surface area contributed by atoms with Gasteiger partial charge in [0.05, 0.1) is 6.04 Å². The van der Waals surface area contributed by atoms with Gasteiger partial charge in [-0.25, -0.2) is 0 Å². The number of aliphatic imine (C=N–C) groups is 1. The molecule has 0 radical (unpaired) electrons. The van der Waals surface area contributed by atoms with Crippen molar-refractivity contribution in [1.82, 2.24) is 16.0 Å². The van der Waals surface area contributed by atoms with Crippen LogP contribution in [0.2, 0.25) is 0 Å². The average molecular weight is 468 g/mol. The molecular weight excluding hydrogens is 439 g/mol. The van der Waals surface area contributed by atoms with E-state index in [1.165, 1.54) is 16.3 Å². The fourth-order valence-electron chi connectivity index (χ4n) is 2.53. The summed E-state index contributed by atoms with van der Waals surface area (Å²) in [6.45, 7) is 7.07. The van der Waals surface area contributed by atoms with Gasteiger partial charge in [0.1, 0.15) is 0 Å². The molecule has 5 nitrogen and oxygen atoms in total. The molecule has 2 aromatic rings. The van der Waals surface area contributed by atoms with E-state index in [0.29, 0.717) is 13.1 Å². The molecule has 1 unspecified atom stereocenters. The van der Waals surface area contributed by atoms with Gasteiger partial charge in [-0.2, -0.15) is 0 Å². The summed E-state index contributed by atoms with van der Waals surface area (Å²) in [6.07, 6.45) is 0. The minimum atomic E-state index is 0. The molecule has 0 fully saturated rings. The summed E-state index contributed by atoms with van der Waals surface area (Å²) in [5.74, 6) is 0.791. The Morgan fingerprint density at radius 2 is 1.65 bits per heavy atom. The summed E-state index contributed by atoms with van der Waals surface area (Å²) in [5.41, 5.74) is 1.20. The summed E-state index contributed by atoms with van der Waals surface area (Å²) >= 11 is 0. The maximum absolute atomic E-state index is 11.5. The number of halogens is 1. The van der Waals surface area contributed by atoms with Gasteiger partial charge in [-0.05, 0) is 29.3 Å². The first kappa shape index (κ1) is 22.2. The summed E-state index contributed by atoms with van der Waals surface area (Å²) in [4.78, 5) is 15.8. The highest BCUT2D eigenvalue weighted by molar-refractivity contribution is 14.0. The molecule has 3 N–H and O–H groups in total. The van der Waals surface area contributed by atoms with Gasteiger partial charge in [0.2, 0.25) is 5.91 Å². The van der Waals surface area contributed by atoms with Crippen LogP contribution in [0.1, 0.15) is 32.4 Å². The Kier molecular flexibility index (Phi) is 9.40. The number of hydrogen-bond donors (Lipinski definition) is 3. The molecule has 26 heavy (non-hydrogen) atoms. The zero-order valence-electron chi connectivity index (χ0n) is 15.9. The van der Waals surface area contributed by atoms with E-state index in [1.807, 2.05) is 19.9 Å². The van der Waals surface area contributed by atoms with E-state index in [2.05, 4.69) is 64.3 Å². The van der Waals surface area contributed by atoms with Crippen molar-refractivity contribution < 1.29 is 4.79 Å². The van der Waals surface area contributed by atoms with Gasteiger partial charge in [0.25, 0.3) is 0 Å². The second kappa shape index (κ2) is 11.0. The number of carbonyl (C=O) groups is 1. The van der Waals surface area contributed by atoms with Gasteiger partial charge in [0.15, 0.2) is 5.96 Å². The molecule has 0 bridgehead atoms. The smallest absolute Gasteiger partial charge is 0.222 e. The third-order valence-electron chi connectivity index (χ3n) is 4.09. The molecule has 0 aliphatic heterocycles. The minimum absolute atomic E-state index is 0. The molecule has 1 atom stereocenters. The van der Waals surface area contributed by atoms with Crippen LogP contribution in [0.25, 0.3) is 10.8 Å². The molecular formula is C20H29IN4O. The van der Waals surface area contributed by atoms with Crippen molar-refractivity contribution in [3.8, 4) is 0 Å². The fourth-order valence-corrected chi connectivity index (χ4v) is 2.53. The van der Waals surface area contributed by atoms with Gasteiger partial charge in [-0.3, -0.25) is 9.79 Å². The first-order chi connectivity index (χ1) is 12.0. The number of nitrogens with one attached hydrogen (secondary N) is 3. The third-order valence-corrected chi connectivity index (χ3v) is 4.09. The lowest BCUT2D eigenvalue weighted by Gasteiger charge is -2.19. The number of rotatable bonds is 6. The van der Waals surface area contributed by atoms with Gasteiger partial charge >= 0.3 is 0 Å². The van der Waals surface area contributed by atoms with Crippen molar-refractivity contribution in [2.45, 2.75) is 26.8 Å². The lowest BCUT2D eigenvalue weighted by molar-refractivity contribution is -0.123. The lowest BCUT2D eigenvalue weighted by atomic mass is 10.0. The van der Waals surface area contributed by atoms with Crippen LogP contribution in [0.3, 0.4) is 0 Å². The third kappa shape index (κ3) is 6.48. The van der Waals surface area contributed by atoms with Crippen molar-refractivity contribution in [2.24, 2.45) is 10.9 Å². The summed E-state index contributed by atoms with van der Waals surface area (Å²) < 4.78 is 0. The number of hydrogen-bond acceptors (Lipinski definition) is 2. The molecule has 0 heterocycles. The molecule has 2 aromatic carbocycles. The second-order valence-electron chi connectivity index (χ2n) is 6.42. The Morgan fingerprint density at radius 1 is 1.00 bits per heavy atom. The van der Waals surface area contributed by atoms with Crippen LogP contribution in [0.5, 0.6) is 0 Å². The van der Waals surface area contributed by atoms with E-state index < -0.39 is 0 Å². The fraction of sp³-hybridized carbons (Fsp3) is 0.400. The molecule has 0 aromatic heterocycles. The first-order valence-electron chi connectivity index (χ1n) is 8.75. The second-order valence-corrected chi connectivity index (χ2v) is 6.42. The molecule has 0 aliphatic rings. The van der Waals surface area contributed by atoms with E-state index in [4.69, 9.17) is 0 Å². The van der Waals surface area contributed by atoms with E-state index in [-0.39, 0.29) is 41.8 Å². The standard InChI is InChI=1S/C20H28N4O.HI/c1-14(2)19(25)22-11-12-23-20(21-4)24-15(3)17-10-9-16-7-5-6-8-18(16)13-17;/h5-10,13-15H,11-12H2,1-4H3,(H,22,25)(H2,21,23,24);1H. The van der Waals surface area contributed by atoms with Crippen molar-refractivity contribution in [3.63, 3.8) is 0 Å². The number of guanidine groups is 1.